The Morgan fingerprint density at radius 3 is 2.14 bits per heavy atom. The summed E-state index contributed by atoms with van der Waals surface area (Å²) in [6, 6.07) is 29.4. The van der Waals surface area contributed by atoms with Gasteiger partial charge in [-0.1, -0.05) is 113 Å². The standard InChI is InChI=1S/C43H52O6Si/c1-31-18-24-39(34(27-31)29-44)40(25-23-36-28-41(45)49-43(6,7)48-36)47-35-21-19-33(20-22-35)26-32(2)30-46-50(42(3,4)5,37-14-10-8-11-15-37)38-16-12-9-13-17-38/h8-17,19-23,25,28-29,31,34,39-40H,2,18,24,26-27,30H2,1,3-7H3/b25-23+/t31-,34+,39-,40-/m1/s1. The summed E-state index contributed by atoms with van der Waals surface area (Å²) in [5, 5.41) is 2.38. The second kappa shape index (κ2) is 15.8. The number of esters is 1. The van der Waals surface area contributed by atoms with Gasteiger partial charge in [-0.15, -0.1) is 0 Å². The van der Waals surface area contributed by atoms with Crippen LogP contribution in [0, 0.1) is 17.8 Å². The van der Waals surface area contributed by atoms with Gasteiger partial charge in [0.15, 0.2) is 0 Å². The van der Waals surface area contributed by atoms with E-state index >= 15 is 0 Å². The molecule has 0 aromatic heterocycles. The van der Waals surface area contributed by atoms with Crippen molar-refractivity contribution < 1.29 is 28.2 Å². The van der Waals surface area contributed by atoms with Gasteiger partial charge in [0.2, 0.25) is 5.79 Å². The van der Waals surface area contributed by atoms with Gasteiger partial charge in [-0.2, -0.15) is 0 Å². The third-order valence-electron chi connectivity index (χ3n) is 9.79. The van der Waals surface area contributed by atoms with Crippen LogP contribution in [-0.4, -0.2) is 39.1 Å². The third-order valence-corrected chi connectivity index (χ3v) is 14.8. The van der Waals surface area contributed by atoms with Gasteiger partial charge in [-0.25, -0.2) is 4.79 Å². The lowest BCUT2D eigenvalue weighted by molar-refractivity contribution is -0.203. The summed E-state index contributed by atoms with van der Waals surface area (Å²) < 4.78 is 24.8. The lowest BCUT2D eigenvalue weighted by Crippen LogP contribution is -2.66. The molecule has 3 aromatic rings. The largest absolute Gasteiger partial charge is 0.486 e. The van der Waals surface area contributed by atoms with Crippen LogP contribution in [0.4, 0.5) is 0 Å². The van der Waals surface area contributed by atoms with Crippen LogP contribution in [0.3, 0.4) is 0 Å². The second-order valence-electron chi connectivity index (χ2n) is 15.3. The van der Waals surface area contributed by atoms with Crippen LogP contribution in [0.25, 0.3) is 0 Å². The third kappa shape index (κ3) is 8.93. The zero-order chi connectivity index (χ0) is 35.9. The minimum Gasteiger partial charge on any atom is -0.486 e. The van der Waals surface area contributed by atoms with E-state index in [4.69, 9.17) is 18.6 Å². The summed E-state index contributed by atoms with van der Waals surface area (Å²) in [4.78, 5) is 24.3. The Hall–Kier alpha value is -4.20. The average molecular weight is 693 g/mol. The van der Waals surface area contributed by atoms with Gasteiger partial charge in [0.25, 0.3) is 8.32 Å². The van der Waals surface area contributed by atoms with E-state index in [0.717, 1.165) is 36.7 Å². The van der Waals surface area contributed by atoms with E-state index in [2.05, 4.69) is 107 Å². The SMILES string of the molecule is C=C(CO[Si](c1ccccc1)(c1ccccc1)C(C)(C)C)Cc1ccc(O[C@H](/C=C/C2=CC(=O)OC(C)(C)O2)[C@@H]2CC[C@@H](C)C[C@H]2C=O)cc1. The first-order valence-corrected chi connectivity index (χ1v) is 19.6. The molecule has 1 heterocycles. The Morgan fingerprint density at radius 1 is 0.960 bits per heavy atom. The number of allylic oxidation sites excluding steroid dienone is 1. The first kappa shape index (κ1) is 37.1. The maximum atomic E-state index is 12.2. The molecule has 264 valence electrons. The highest BCUT2D eigenvalue weighted by Gasteiger charge is 2.50. The van der Waals surface area contributed by atoms with Crippen molar-refractivity contribution in [2.75, 3.05) is 6.61 Å². The van der Waals surface area contributed by atoms with Crippen LogP contribution in [0.2, 0.25) is 5.04 Å². The van der Waals surface area contributed by atoms with Crippen molar-refractivity contribution in [3.8, 4) is 5.75 Å². The van der Waals surface area contributed by atoms with Crippen LogP contribution in [0.15, 0.2) is 121 Å². The Morgan fingerprint density at radius 2 is 1.58 bits per heavy atom. The lowest BCUT2D eigenvalue weighted by atomic mass is 9.72. The number of cyclic esters (lactones) is 1. The van der Waals surface area contributed by atoms with Crippen molar-refractivity contribution >= 4 is 30.9 Å². The van der Waals surface area contributed by atoms with E-state index in [1.54, 1.807) is 19.9 Å². The highest BCUT2D eigenvalue weighted by atomic mass is 28.4. The molecule has 1 aliphatic heterocycles. The fourth-order valence-electron chi connectivity index (χ4n) is 7.43. The summed E-state index contributed by atoms with van der Waals surface area (Å²) in [7, 11) is -2.67. The zero-order valence-corrected chi connectivity index (χ0v) is 31.4. The van der Waals surface area contributed by atoms with Crippen LogP contribution in [0.5, 0.6) is 5.75 Å². The molecule has 7 heteroatoms. The van der Waals surface area contributed by atoms with E-state index in [0.29, 0.717) is 30.5 Å². The van der Waals surface area contributed by atoms with Gasteiger partial charge in [0, 0.05) is 25.7 Å². The molecule has 0 spiro atoms. The van der Waals surface area contributed by atoms with Gasteiger partial charge in [-0.05, 0) is 76.0 Å². The normalized spacial score (nSPS) is 21.4. The predicted octanol–water partition coefficient (Wildman–Crippen LogP) is 8.11. The van der Waals surface area contributed by atoms with E-state index in [9.17, 15) is 9.59 Å². The van der Waals surface area contributed by atoms with Crippen LogP contribution >= 0.6 is 0 Å². The summed E-state index contributed by atoms with van der Waals surface area (Å²) in [6.07, 6.45) is 9.10. The van der Waals surface area contributed by atoms with Crippen molar-refractivity contribution in [1.29, 1.82) is 0 Å². The molecule has 6 nitrogen and oxygen atoms in total. The number of hydrogen-bond acceptors (Lipinski definition) is 6. The molecule has 0 N–H and O–H groups in total. The molecule has 1 saturated carbocycles. The van der Waals surface area contributed by atoms with E-state index in [1.807, 2.05) is 18.2 Å². The molecule has 3 aromatic carbocycles. The zero-order valence-electron chi connectivity index (χ0n) is 30.4. The Bertz CT molecular complexity index is 1630. The van der Waals surface area contributed by atoms with Crippen LogP contribution < -0.4 is 15.1 Å². The van der Waals surface area contributed by atoms with Crippen molar-refractivity contribution in [2.24, 2.45) is 17.8 Å². The minimum atomic E-state index is -2.67. The second-order valence-corrected chi connectivity index (χ2v) is 19.6. The predicted molar refractivity (Wildman–Crippen MR) is 202 cm³/mol. The quantitative estimate of drug-likeness (QED) is 0.0781. The van der Waals surface area contributed by atoms with E-state index in [1.165, 1.54) is 16.4 Å². The fourth-order valence-corrected chi connectivity index (χ4v) is 12.0. The molecular weight excluding hydrogens is 641 g/mol. The number of aldehydes is 1. The minimum absolute atomic E-state index is 0.00202. The number of carbonyl (C=O) groups is 2. The highest BCUT2D eigenvalue weighted by molar-refractivity contribution is 6.99. The number of hydrogen-bond donors (Lipinski definition) is 0. The van der Waals surface area contributed by atoms with E-state index in [-0.39, 0.29) is 23.0 Å². The molecule has 0 radical (unpaired) electrons. The fraction of sp³-hybridized carbons (Fsp3) is 0.395. The molecular formula is C43H52O6Si. The number of rotatable bonds is 13. The van der Waals surface area contributed by atoms with Crippen molar-refractivity contribution in [3.63, 3.8) is 0 Å². The van der Waals surface area contributed by atoms with Gasteiger partial charge < -0.3 is 23.4 Å². The number of ether oxygens (including phenoxy) is 3. The molecule has 0 amide bonds. The maximum absolute atomic E-state index is 12.2. The molecule has 2 aliphatic rings. The van der Waals surface area contributed by atoms with Gasteiger partial charge >= 0.3 is 5.97 Å². The van der Waals surface area contributed by atoms with Crippen molar-refractivity contribution in [2.45, 2.75) is 84.2 Å². The average Bonchev–Trinajstić information content (AvgIpc) is 3.07. The van der Waals surface area contributed by atoms with Crippen molar-refractivity contribution in [3.05, 3.63) is 127 Å². The molecule has 4 atom stereocenters. The van der Waals surface area contributed by atoms with Gasteiger partial charge in [-0.3, -0.25) is 0 Å². The molecule has 0 bridgehead atoms. The summed E-state index contributed by atoms with van der Waals surface area (Å²) in [6.45, 7) is 17.3. The monoisotopic (exact) mass is 692 g/mol. The summed E-state index contributed by atoms with van der Waals surface area (Å²) in [5.74, 6) is -0.0298. The molecule has 0 unspecified atom stereocenters. The smallest absolute Gasteiger partial charge is 0.337 e. The van der Waals surface area contributed by atoms with Gasteiger partial charge in [0.05, 0.1) is 12.7 Å². The molecule has 0 saturated heterocycles. The van der Waals surface area contributed by atoms with Gasteiger partial charge in [0.1, 0.15) is 23.9 Å². The summed E-state index contributed by atoms with van der Waals surface area (Å²) in [5.41, 5.74) is 2.11. The topological polar surface area (TPSA) is 71.1 Å². The Labute approximate surface area is 299 Å². The summed E-state index contributed by atoms with van der Waals surface area (Å²) >= 11 is 0. The molecule has 50 heavy (non-hydrogen) atoms. The molecule has 5 rings (SSSR count). The first-order chi connectivity index (χ1) is 23.8. The maximum Gasteiger partial charge on any atom is 0.337 e. The molecule has 1 fully saturated rings. The number of benzene rings is 3. The number of carbonyl (C=O) groups excluding carboxylic acids is 2. The molecule has 1 aliphatic carbocycles. The lowest BCUT2D eigenvalue weighted by Gasteiger charge is -2.43. The van der Waals surface area contributed by atoms with Crippen LogP contribution in [0.1, 0.15) is 66.4 Å². The Balaban J connectivity index is 1.31. The van der Waals surface area contributed by atoms with Crippen molar-refractivity contribution in [1.82, 2.24) is 0 Å². The van der Waals surface area contributed by atoms with Crippen LogP contribution in [-0.2, 0) is 29.9 Å². The van der Waals surface area contributed by atoms with E-state index < -0.39 is 20.1 Å². The highest BCUT2D eigenvalue weighted by Crippen LogP contribution is 2.38. The first-order valence-electron chi connectivity index (χ1n) is 17.7. The Kier molecular flexibility index (Phi) is 11.7.